The molecule has 0 aliphatic carbocycles. The normalized spacial score (nSPS) is 11.3. The third-order valence-electron chi connectivity index (χ3n) is 15.2. The van der Waals surface area contributed by atoms with Crippen LogP contribution >= 0.6 is 0 Å². The van der Waals surface area contributed by atoms with E-state index in [0.29, 0.717) is 5.82 Å². The van der Waals surface area contributed by atoms with Crippen molar-refractivity contribution in [1.82, 2.24) is 14.5 Å². The molecule has 0 N–H and O–H groups in total. The fraction of sp³-hybridized carbons (Fsp3) is 0. The van der Waals surface area contributed by atoms with Crippen LogP contribution in [0.2, 0.25) is 0 Å². The first-order chi connectivity index (χ1) is 39.1. The van der Waals surface area contributed by atoms with E-state index in [1.807, 2.05) is 0 Å². The topological polar surface area (TPSA) is 30.7 Å². The van der Waals surface area contributed by atoms with Gasteiger partial charge < -0.3 is 4.57 Å². The number of aromatic nitrogens is 3. The second-order valence-electron chi connectivity index (χ2n) is 20.2. The molecule has 3 heteroatoms. The highest BCUT2D eigenvalue weighted by Crippen LogP contribution is 2.38. The van der Waals surface area contributed by atoms with E-state index in [-0.39, 0.29) is 0 Å². The SMILES string of the molecule is c1ccc(-c2cccc(-c3cccc(-c4ccc(-c5cccc(-c6cccc(-c7nc(-c8cccc(-c9cccc(-c%10ccccc%10)c9)c8)cc(-c8cccc(-n9c%10ccccc%10c%10ccccc%109)c8)n7)c6)c5)cc4)c3)c2)cc1. The second kappa shape index (κ2) is 20.6. The Hall–Kier alpha value is -10.5. The van der Waals surface area contributed by atoms with Crippen molar-refractivity contribution < 1.29 is 0 Å². The number of hydrogen-bond donors (Lipinski definition) is 0. The Kier molecular flexibility index (Phi) is 12.2. The quantitative estimate of drug-likeness (QED) is 0.129. The van der Waals surface area contributed by atoms with E-state index in [9.17, 15) is 0 Å². The van der Waals surface area contributed by atoms with Gasteiger partial charge in [0.15, 0.2) is 5.82 Å². The van der Waals surface area contributed by atoms with Gasteiger partial charge in [0.05, 0.1) is 22.4 Å². The summed E-state index contributed by atoms with van der Waals surface area (Å²) in [6.45, 7) is 0. The van der Waals surface area contributed by atoms with Crippen molar-refractivity contribution in [2.75, 3.05) is 0 Å². The van der Waals surface area contributed by atoms with Gasteiger partial charge in [0, 0.05) is 33.2 Å². The molecule has 0 atom stereocenters. The highest BCUT2D eigenvalue weighted by molar-refractivity contribution is 6.09. The van der Waals surface area contributed by atoms with Crippen molar-refractivity contribution in [3.63, 3.8) is 0 Å². The van der Waals surface area contributed by atoms with Gasteiger partial charge in [-0.3, -0.25) is 0 Å². The lowest BCUT2D eigenvalue weighted by Crippen LogP contribution is -1.98. The molecule has 79 heavy (non-hydrogen) atoms. The summed E-state index contributed by atoms with van der Waals surface area (Å²) < 4.78 is 2.36. The van der Waals surface area contributed by atoms with Crippen LogP contribution in [0.5, 0.6) is 0 Å². The van der Waals surface area contributed by atoms with E-state index >= 15 is 0 Å². The Labute approximate surface area is 460 Å². The Morgan fingerprint density at radius 3 is 0.886 bits per heavy atom. The minimum atomic E-state index is 0.660. The fourth-order valence-electron chi connectivity index (χ4n) is 11.2. The average Bonchev–Trinajstić information content (AvgIpc) is 4.14. The lowest BCUT2D eigenvalue weighted by Gasteiger charge is -2.13. The Morgan fingerprint density at radius 1 is 0.190 bits per heavy atom. The minimum absolute atomic E-state index is 0.660. The molecule has 3 nitrogen and oxygen atoms in total. The molecule has 370 valence electrons. The summed E-state index contributed by atoms with van der Waals surface area (Å²) >= 11 is 0. The van der Waals surface area contributed by atoms with E-state index in [0.717, 1.165) is 67.1 Å². The first kappa shape index (κ1) is 47.0. The van der Waals surface area contributed by atoms with Crippen molar-refractivity contribution in [2.24, 2.45) is 0 Å². The molecule has 0 aliphatic rings. The maximum Gasteiger partial charge on any atom is 0.160 e. The third-order valence-corrected chi connectivity index (χ3v) is 15.2. The zero-order valence-corrected chi connectivity index (χ0v) is 43.3. The summed E-state index contributed by atoms with van der Waals surface area (Å²) in [5, 5.41) is 2.46. The predicted molar refractivity (Wildman–Crippen MR) is 331 cm³/mol. The molecule has 2 aromatic heterocycles. The molecule has 0 bridgehead atoms. The van der Waals surface area contributed by atoms with Gasteiger partial charge in [-0.2, -0.15) is 0 Å². The van der Waals surface area contributed by atoms with Gasteiger partial charge in [0.2, 0.25) is 0 Å². The summed E-state index contributed by atoms with van der Waals surface area (Å²) in [7, 11) is 0. The molecule has 0 radical (unpaired) electrons. The molecule has 14 aromatic rings. The monoisotopic (exact) mass is 1010 g/mol. The molecule has 0 aliphatic heterocycles. The van der Waals surface area contributed by atoms with Gasteiger partial charge in [-0.1, -0.05) is 243 Å². The van der Waals surface area contributed by atoms with Crippen LogP contribution in [-0.2, 0) is 0 Å². The fourth-order valence-corrected chi connectivity index (χ4v) is 11.2. The molecule has 2 heterocycles. The summed E-state index contributed by atoms with van der Waals surface area (Å²) in [6.07, 6.45) is 0. The van der Waals surface area contributed by atoms with Crippen molar-refractivity contribution in [3.05, 3.63) is 309 Å². The van der Waals surface area contributed by atoms with E-state index in [4.69, 9.17) is 9.97 Å². The lowest BCUT2D eigenvalue weighted by atomic mass is 9.94. The van der Waals surface area contributed by atoms with Crippen LogP contribution < -0.4 is 0 Å². The Morgan fingerprint density at radius 2 is 0.468 bits per heavy atom. The maximum absolute atomic E-state index is 5.42. The molecular weight excluding hydrogens is 955 g/mol. The molecule has 0 fully saturated rings. The smallest absolute Gasteiger partial charge is 0.160 e. The second-order valence-corrected chi connectivity index (χ2v) is 20.2. The van der Waals surface area contributed by atoms with Crippen molar-refractivity contribution in [2.45, 2.75) is 0 Å². The standard InChI is InChI=1S/C76H51N3/c1-3-18-52(19-4-1)56-22-11-26-60(44-56)61-27-13-24-58(46-61)54-40-42-55(43-41-54)59-25-14-29-63(47-59)65-31-16-34-68(49-65)76-77-72(66-32-15-30-64(48-66)62-28-12-23-57(45-62)53-20-5-2-6-21-53)51-73(78-76)67-33-17-35-69(50-67)79-74-38-9-7-36-70(74)71-37-8-10-39-75(71)79/h1-51H. The number of benzene rings is 12. The molecule has 12 aromatic carbocycles. The number of hydrogen-bond acceptors (Lipinski definition) is 2. The largest absolute Gasteiger partial charge is 0.309 e. The predicted octanol–water partition coefficient (Wildman–Crippen LogP) is 20.2. The number of nitrogens with zero attached hydrogens (tertiary/aromatic N) is 3. The minimum Gasteiger partial charge on any atom is -0.309 e. The van der Waals surface area contributed by atoms with Crippen LogP contribution in [0.3, 0.4) is 0 Å². The number of fused-ring (bicyclic) bond motifs is 3. The molecular formula is C76H51N3. The average molecular weight is 1010 g/mol. The van der Waals surface area contributed by atoms with Crippen LogP contribution in [0.1, 0.15) is 0 Å². The van der Waals surface area contributed by atoms with Crippen LogP contribution in [-0.4, -0.2) is 14.5 Å². The highest BCUT2D eigenvalue weighted by Gasteiger charge is 2.17. The van der Waals surface area contributed by atoms with Crippen molar-refractivity contribution in [1.29, 1.82) is 0 Å². The Bertz CT molecular complexity index is 4480. The van der Waals surface area contributed by atoms with Crippen LogP contribution in [0.15, 0.2) is 309 Å². The third kappa shape index (κ3) is 9.41. The van der Waals surface area contributed by atoms with E-state index < -0.39 is 0 Å². The summed E-state index contributed by atoms with van der Waals surface area (Å²) in [5.41, 5.74) is 24.4. The molecule has 0 unspecified atom stereocenters. The van der Waals surface area contributed by atoms with Gasteiger partial charge in [-0.05, 0) is 145 Å². The van der Waals surface area contributed by atoms with Gasteiger partial charge in [0.25, 0.3) is 0 Å². The maximum atomic E-state index is 5.42. The van der Waals surface area contributed by atoms with Crippen molar-refractivity contribution >= 4 is 21.8 Å². The summed E-state index contributed by atoms with van der Waals surface area (Å²) in [4.78, 5) is 10.8. The molecule has 0 amide bonds. The lowest BCUT2D eigenvalue weighted by molar-refractivity contribution is 1.16. The number of para-hydroxylation sites is 2. The van der Waals surface area contributed by atoms with E-state index in [2.05, 4.69) is 314 Å². The van der Waals surface area contributed by atoms with Crippen molar-refractivity contribution in [3.8, 4) is 117 Å². The molecule has 0 spiro atoms. The molecule has 0 saturated carbocycles. The Balaban J connectivity index is 0.810. The van der Waals surface area contributed by atoms with Gasteiger partial charge in [0.1, 0.15) is 0 Å². The van der Waals surface area contributed by atoms with Gasteiger partial charge >= 0.3 is 0 Å². The highest BCUT2D eigenvalue weighted by atomic mass is 15.0. The van der Waals surface area contributed by atoms with Crippen LogP contribution in [0.25, 0.3) is 139 Å². The number of rotatable bonds is 11. The van der Waals surface area contributed by atoms with Gasteiger partial charge in [-0.25, -0.2) is 9.97 Å². The van der Waals surface area contributed by atoms with Crippen LogP contribution in [0, 0.1) is 0 Å². The first-order valence-corrected chi connectivity index (χ1v) is 26.9. The van der Waals surface area contributed by atoms with Gasteiger partial charge in [-0.15, -0.1) is 0 Å². The molecule has 0 saturated heterocycles. The summed E-state index contributed by atoms with van der Waals surface area (Å²) in [5.74, 6) is 0.660. The molecule has 14 rings (SSSR count). The zero-order valence-electron chi connectivity index (χ0n) is 43.3. The first-order valence-electron chi connectivity index (χ1n) is 26.9. The van der Waals surface area contributed by atoms with E-state index in [1.54, 1.807) is 0 Å². The van der Waals surface area contributed by atoms with Crippen LogP contribution in [0.4, 0.5) is 0 Å². The van der Waals surface area contributed by atoms with E-state index in [1.165, 1.54) is 66.3 Å². The summed E-state index contributed by atoms with van der Waals surface area (Å²) in [6, 6.07) is 111. The zero-order chi connectivity index (χ0) is 52.5.